The number of nitrogens with one attached hydrogen (secondary N) is 1. The minimum Gasteiger partial charge on any atom is -0.410 e. The summed E-state index contributed by atoms with van der Waals surface area (Å²) in [6.07, 6.45) is 5.12. The fourth-order valence-corrected chi connectivity index (χ4v) is 2.53. The smallest absolute Gasteiger partial charge is 0.410 e. The van der Waals surface area contributed by atoms with Crippen molar-refractivity contribution in [2.24, 2.45) is 0 Å². The number of hydrogen-bond acceptors (Lipinski definition) is 4. The maximum atomic E-state index is 11.3. The molecule has 0 saturated carbocycles. The molecule has 0 aliphatic carbocycles. The number of amides is 1. The van der Waals surface area contributed by atoms with Gasteiger partial charge < -0.3 is 10.1 Å². The van der Waals surface area contributed by atoms with E-state index in [-0.39, 0.29) is 0 Å². The number of aromatic nitrogens is 2. The van der Waals surface area contributed by atoms with Crippen LogP contribution < -0.4 is 15.1 Å². The lowest BCUT2D eigenvalue weighted by Crippen LogP contribution is -2.24. The van der Waals surface area contributed by atoms with E-state index in [4.69, 9.17) is 4.74 Å². The first-order valence-electron chi connectivity index (χ1n) is 7.25. The third kappa shape index (κ3) is 2.83. The molecule has 3 rings (SSSR count). The topological polar surface area (TPSA) is 59.4 Å². The molecule has 2 heterocycles. The van der Waals surface area contributed by atoms with Gasteiger partial charge in [-0.05, 0) is 42.8 Å². The van der Waals surface area contributed by atoms with Gasteiger partial charge in [-0.3, -0.25) is 14.7 Å². The summed E-state index contributed by atoms with van der Waals surface area (Å²) < 4.78 is 7.21. The Morgan fingerprint density at radius 3 is 2.87 bits per heavy atom. The molecular formula is C17H18N4O2. The first-order valence-corrected chi connectivity index (χ1v) is 7.25. The molecule has 2 aromatic heterocycles. The number of nitrogens with zero attached hydrogens (tertiary/aromatic N) is 3. The second kappa shape index (κ2) is 6.00. The Labute approximate surface area is 134 Å². The third-order valence-corrected chi connectivity index (χ3v) is 3.72. The van der Waals surface area contributed by atoms with Crippen LogP contribution in [0.4, 0.5) is 10.5 Å². The molecule has 1 N–H and O–H groups in total. The average Bonchev–Trinajstić information content (AvgIpc) is 2.97. The molecular weight excluding hydrogens is 292 g/mol. The van der Waals surface area contributed by atoms with Gasteiger partial charge in [-0.25, -0.2) is 4.79 Å². The van der Waals surface area contributed by atoms with Crippen molar-refractivity contribution in [3.8, 4) is 5.75 Å². The summed E-state index contributed by atoms with van der Waals surface area (Å²) >= 11 is 0. The molecule has 23 heavy (non-hydrogen) atoms. The first-order chi connectivity index (χ1) is 11.1. The first kappa shape index (κ1) is 14.9. The van der Waals surface area contributed by atoms with Crippen LogP contribution in [0, 0.1) is 6.92 Å². The molecule has 0 bridgehead atoms. The van der Waals surface area contributed by atoms with Crippen LogP contribution >= 0.6 is 0 Å². The molecule has 0 spiro atoms. The standard InChI is InChI=1S/C17H18N4O2/c1-12-11-19-8-6-15(12)20(3)21-9-7-13-10-14(4-5-16(13)21)23-17(22)18-2/h4-11H,1-3H3,(H,18,22). The van der Waals surface area contributed by atoms with Gasteiger partial charge in [-0.15, -0.1) is 0 Å². The molecule has 1 amide bonds. The van der Waals surface area contributed by atoms with Gasteiger partial charge in [-0.2, -0.15) is 0 Å². The maximum absolute atomic E-state index is 11.3. The fraction of sp³-hybridized carbons (Fsp3) is 0.176. The van der Waals surface area contributed by atoms with Gasteiger partial charge in [0.05, 0.1) is 11.2 Å². The Morgan fingerprint density at radius 2 is 2.13 bits per heavy atom. The van der Waals surface area contributed by atoms with Gasteiger partial charge in [0, 0.05) is 38.1 Å². The van der Waals surface area contributed by atoms with Gasteiger partial charge in [0.2, 0.25) is 0 Å². The zero-order chi connectivity index (χ0) is 16.4. The molecule has 0 radical (unpaired) electrons. The van der Waals surface area contributed by atoms with Gasteiger partial charge in [0.15, 0.2) is 0 Å². The summed E-state index contributed by atoms with van der Waals surface area (Å²) in [5, 5.41) is 5.48. The number of carbonyl (C=O) groups excluding carboxylic acids is 1. The number of carbonyl (C=O) groups is 1. The van der Waals surface area contributed by atoms with E-state index in [1.807, 2.05) is 55.3 Å². The highest BCUT2D eigenvalue weighted by Crippen LogP contribution is 2.25. The predicted molar refractivity (Wildman–Crippen MR) is 89.8 cm³/mol. The quantitative estimate of drug-likeness (QED) is 0.808. The lowest BCUT2D eigenvalue weighted by atomic mass is 10.2. The Kier molecular flexibility index (Phi) is 3.89. The Balaban J connectivity index is 1.97. The SMILES string of the molecule is CNC(=O)Oc1ccc2c(ccn2N(C)c2ccncc2C)c1. The van der Waals surface area contributed by atoms with Gasteiger partial charge in [0.25, 0.3) is 0 Å². The van der Waals surface area contributed by atoms with Crippen molar-refractivity contribution in [2.75, 3.05) is 19.1 Å². The van der Waals surface area contributed by atoms with Crippen LogP contribution in [0.5, 0.6) is 5.75 Å². The van der Waals surface area contributed by atoms with Crippen LogP contribution in [0.1, 0.15) is 5.56 Å². The third-order valence-electron chi connectivity index (χ3n) is 3.72. The highest BCUT2D eigenvalue weighted by Gasteiger charge is 2.10. The van der Waals surface area contributed by atoms with E-state index in [1.54, 1.807) is 12.3 Å². The van der Waals surface area contributed by atoms with Crippen molar-refractivity contribution in [2.45, 2.75) is 6.92 Å². The number of benzene rings is 1. The predicted octanol–water partition coefficient (Wildman–Crippen LogP) is 2.96. The molecule has 0 saturated heterocycles. The number of rotatable bonds is 3. The molecule has 0 atom stereocenters. The van der Waals surface area contributed by atoms with Crippen molar-refractivity contribution in [3.63, 3.8) is 0 Å². The molecule has 0 fully saturated rings. The number of hydrogen-bond donors (Lipinski definition) is 1. The zero-order valence-corrected chi connectivity index (χ0v) is 13.3. The lowest BCUT2D eigenvalue weighted by Gasteiger charge is -2.23. The van der Waals surface area contributed by atoms with Crippen molar-refractivity contribution in [1.82, 2.24) is 15.0 Å². The molecule has 6 nitrogen and oxygen atoms in total. The van der Waals surface area contributed by atoms with Crippen molar-refractivity contribution >= 4 is 22.7 Å². The minimum absolute atomic E-state index is 0.478. The maximum Gasteiger partial charge on any atom is 0.412 e. The summed E-state index contributed by atoms with van der Waals surface area (Å²) in [5.74, 6) is 0.511. The zero-order valence-electron chi connectivity index (χ0n) is 13.3. The summed E-state index contributed by atoms with van der Waals surface area (Å²) in [5.41, 5.74) is 3.19. The molecule has 0 aliphatic heterocycles. The Hall–Kier alpha value is -3.02. The summed E-state index contributed by atoms with van der Waals surface area (Å²) in [6.45, 7) is 2.03. The van der Waals surface area contributed by atoms with E-state index in [1.165, 1.54) is 7.05 Å². The molecule has 0 unspecified atom stereocenters. The molecule has 1 aromatic carbocycles. The molecule has 0 aliphatic rings. The summed E-state index contributed by atoms with van der Waals surface area (Å²) in [4.78, 5) is 15.4. The van der Waals surface area contributed by atoms with Gasteiger partial charge in [-0.1, -0.05) is 0 Å². The summed E-state index contributed by atoms with van der Waals surface area (Å²) in [6, 6.07) is 9.51. The van der Waals surface area contributed by atoms with Crippen molar-refractivity contribution in [1.29, 1.82) is 0 Å². The van der Waals surface area contributed by atoms with E-state index in [0.29, 0.717) is 5.75 Å². The van der Waals surface area contributed by atoms with Gasteiger partial charge >= 0.3 is 6.09 Å². The van der Waals surface area contributed by atoms with E-state index in [0.717, 1.165) is 22.2 Å². The van der Waals surface area contributed by atoms with Crippen LogP contribution in [0.25, 0.3) is 10.9 Å². The van der Waals surface area contributed by atoms with Crippen molar-refractivity contribution in [3.05, 3.63) is 54.5 Å². The average molecular weight is 310 g/mol. The molecule has 118 valence electrons. The number of anilines is 1. The molecule has 3 aromatic rings. The largest absolute Gasteiger partial charge is 0.412 e. The van der Waals surface area contributed by atoms with Crippen LogP contribution in [-0.4, -0.2) is 29.8 Å². The second-order valence-electron chi connectivity index (χ2n) is 5.21. The number of pyridine rings is 1. The van der Waals surface area contributed by atoms with E-state index in [2.05, 4.69) is 15.3 Å². The number of ether oxygens (including phenoxy) is 1. The van der Waals surface area contributed by atoms with Crippen LogP contribution in [0.3, 0.4) is 0 Å². The summed E-state index contributed by atoms with van der Waals surface area (Å²) in [7, 11) is 3.53. The van der Waals surface area contributed by atoms with Crippen molar-refractivity contribution < 1.29 is 9.53 Å². The Morgan fingerprint density at radius 1 is 1.30 bits per heavy atom. The van der Waals surface area contributed by atoms with E-state index < -0.39 is 6.09 Å². The monoisotopic (exact) mass is 310 g/mol. The normalized spacial score (nSPS) is 10.6. The Bertz CT molecular complexity index is 857. The van der Waals surface area contributed by atoms with Gasteiger partial charge in [0.1, 0.15) is 5.75 Å². The highest BCUT2D eigenvalue weighted by molar-refractivity contribution is 5.83. The minimum atomic E-state index is -0.478. The van der Waals surface area contributed by atoms with Crippen LogP contribution in [0.2, 0.25) is 0 Å². The van der Waals surface area contributed by atoms with Crippen LogP contribution in [0.15, 0.2) is 48.9 Å². The fourth-order valence-electron chi connectivity index (χ4n) is 2.53. The number of aryl methyl sites for hydroxylation is 1. The lowest BCUT2D eigenvalue weighted by molar-refractivity contribution is 0.203. The van der Waals surface area contributed by atoms with Crippen LogP contribution in [-0.2, 0) is 0 Å². The highest BCUT2D eigenvalue weighted by atomic mass is 16.5. The number of fused-ring (bicyclic) bond motifs is 1. The molecule has 6 heteroatoms. The van der Waals surface area contributed by atoms with E-state index >= 15 is 0 Å². The second-order valence-corrected chi connectivity index (χ2v) is 5.21. The van der Waals surface area contributed by atoms with E-state index in [9.17, 15) is 4.79 Å².